The molecule has 5 rings (SSSR count). The van der Waals surface area contributed by atoms with Crippen molar-refractivity contribution in [1.82, 2.24) is 29.8 Å². The summed E-state index contributed by atoms with van der Waals surface area (Å²) in [5.74, 6) is 2.10. The third-order valence-electron chi connectivity index (χ3n) is 6.93. The van der Waals surface area contributed by atoms with E-state index in [-0.39, 0.29) is 5.91 Å². The highest BCUT2D eigenvalue weighted by atomic mass is 16.5. The summed E-state index contributed by atoms with van der Waals surface area (Å²) in [4.78, 5) is 21.7. The van der Waals surface area contributed by atoms with E-state index in [1.165, 1.54) is 20.0 Å². The Labute approximate surface area is 200 Å². The van der Waals surface area contributed by atoms with Crippen molar-refractivity contribution in [3.05, 3.63) is 23.9 Å². The van der Waals surface area contributed by atoms with Gasteiger partial charge in [-0.3, -0.25) is 14.4 Å². The average molecular weight is 471 g/mol. The summed E-state index contributed by atoms with van der Waals surface area (Å²) in [7, 11) is 3.32. The van der Waals surface area contributed by atoms with Gasteiger partial charge in [-0.15, -0.1) is 15.3 Å². The normalized spacial score (nSPS) is 21.8. The molecule has 11 heteroatoms. The molecule has 0 aliphatic carbocycles. The zero-order valence-electron chi connectivity index (χ0n) is 20.1. The maximum absolute atomic E-state index is 12.9. The molecule has 1 atom stereocenters. The first-order chi connectivity index (χ1) is 16.6. The van der Waals surface area contributed by atoms with Crippen molar-refractivity contribution < 1.29 is 14.3 Å². The lowest BCUT2D eigenvalue weighted by molar-refractivity contribution is 0.0712. The van der Waals surface area contributed by atoms with Crippen LogP contribution in [0.15, 0.2) is 18.3 Å². The molecule has 184 valence electrons. The van der Waals surface area contributed by atoms with Crippen LogP contribution in [0, 0.1) is 0 Å². The number of hydrogen-bond donors (Lipinski definition) is 0. The smallest absolute Gasteiger partial charge is 0.261 e. The zero-order chi connectivity index (χ0) is 23.5. The number of hydrogen-bond acceptors (Lipinski definition) is 9. The Morgan fingerprint density at radius 2 is 1.68 bits per heavy atom. The first-order valence-corrected chi connectivity index (χ1v) is 12.1. The summed E-state index contributed by atoms with van der Waals surface area (Å²) < 4.78 is 12.6. The van der Waals surface area contributed by atoms with Gasteiger partial charge in [0.2, 0.25) is 5.88 Å². The van der Waals surface area contributed by atoms with Gasteiger partial charge in [0.1, 0.15) is 5.56 Å². The molecule has 3 saturated heterocycles. The Morgan fingerprint density at radius 3 is 2.24 bits per heavy atom. The maximum Gasteiger partial charge on any atom is 0.261 e. The molecule has 34 heavy (non-hydrogen) atoms. The molecule has 5 heterocycles. The van der Waals surface area contributed by atoms with E-state index in [9.17, 15) is 4.79 Å². The summed E-state index contributed by atoms with van der Waals surface area (Å²) in [5, 5.41) is 13.2. The van der Waals surface area contributed by atoms with Crippen LogP contribution in [0.5, 0.6) is 5.88 Å². The predicted octanol–water partition coefficient (Wildman–Crippen LogP) is 0.482. The summed E-state index contributed by atoms with van der Waals surface area (Å²) in [5.41, 5.74) is 0.499. The molecule has 0 spiro atoms. The van der Waals surface area contributed by atoms with Crippen LogP contribution in [0.3, 0.4) is 0 Å². The second-order valence-corrected chi connectivity index (χ2v) is 9.18. The molecular formula is C23H34N8O3. The molecule has 3 fully saturated rings. The fourth-order valence-corrected chi connectivity index (χ4v) is 4.97. The highest BCUT2D eigenvalue weighted by Crippen LogP contribution is 2.21. The summed E-state index contributed by atoms with van der Waals surface area (Å²) in [6, 6.07) is 4.11. The Bertz CT molecular complexity index is 959. The van der Waals surface area contributed by atoms with E-state index in [0.717, 1.165) is 51.0 Å². The topological polar surface area (TPSA) is 92.1 Å². The van der Waals surface area contributed by atoms with Crippen LogP contribution in [0.1, 0.15) is 23.2 Å². The van der Waals surface area contributed by atoms with E-state index >= 15 is 0 Å². The number of aromatic nitrogens is 4. The molecule has 0 bridgehead atoms. The third kappa shape index (κ3) is 4.95. The van der Waals surface area contributed by atoms with Gasteiger partial charge in [0.25, 0.3) is 5.91 Å². The number of piperazine rings is 2. The maximum atomic E-state index is 12.9. The van der Waals surface area contributed by atoms with Crippen LogP contribution < -0.4 is 14.5 Å². The molecule has 1 unspecified atom stereocenters. The van der Waals surface area contributed by atoms with Crippen LogP contribution in [-0.2, 0) is 11.8 Å². The Hall–Kier alpha value is -2.92. The number of methoxy groups -OCH3 is 1. The van der Waals surface area contributed by atoms with E-state index in [1.807, 2.05) is 11.0 Å². The lowest BCUT2D eigenvalue weighted by atomic mass is 10.2. The third-order valence-corrected chi connectivity index (χ3v) is 6.93. The molecule has 3 aliphatic rings. The van der Waals surface area contributed by atoms with E-state index in [2.05, 4.69) is 36.1 Å². The molecule has 2 aromatic rings. The molecule has 0 aromatic carbocycles. The highest BCUT2D eigenvalue weighted by molar-refractivity contribution is 5.96. The monoisotopic (exact) mass is 470 g/mol. The van der Waals surface area contributed by atoms with Crippen molar-refractivity contribution in [1.29, 1.82) is 0 Å². The Kier molecular flexibility index (Phi) is 6.82. The minimum absolute atomic E-state index is 0.0512. The van der Waals surface area contributed by atoms with Gasteiger partial charge < -0.3 is 24.2 Å². The Balaban J connectivity index is 1.11. The molecular weight excluding hydrogens is 436 g/mol. The van der Waals surface area contributed by atoms with Crippen LogP contribution >= 0.6 is 0 Å². The second kappa shape index (κ2) is 10.1. The van der Waals surface area contributed by atoms with Gasteiger partial charge in [0.15, 0.2) is 11.6 Å². The lowest BCUT2D eigenvalue weighted by Gasteiger charge is -2.37. The second-order valence-electron chi connectivity index (χ2n) is 9.18. The van der Waals surface area contributed by atoms with Gasteiger partial charge in [0.05, 0.1) is 13.2 Å². The van der Waals surface area contributed by atoms with Crippen LogP contribution in [0.4, 0.5) is 11.6 Å². The van der Waals surface area contributed by atoms with Crippen LogP contribution in [-0.4, -0.2) is 114 Å². The molecule has 3 aliphatic heterocycles. The molecule has 11 nitrogen and oxygen atoms in total. The molecule has 2 aromatic heterocycles. The van der Waals surface area contributed by atoms with Gasteiger partial charge >= 0.3 is 0 Å². The van der Waals surface area contributed by atoms with Crippen LogP contribution in [0.2, 0.25) is 0 Å². The van der Waals surface area contributed by atoms with Crippen molar-refractivity contribution in [3.8, 4) is 5.88 Å². The van der Waals surface area contributed by atoms with Gasteiger partial charge in [-0.05, 0) is 25.0 Å². The Morgan fingerprint density at radius 1 is 1.03 bits per heavy atom. The molecule has 0 radical (unpaired) electrons. The largest absolute Gasteiger partial charge is 0.479 e. The number of rotatable bonds is 6. The predicted molar refractivity (Wildman–Crippen MR) is 128 cm³/mol. The SMILES string of the molecule is COc1nn(C)cc1C(=O)N1CCN(c2ccc(N3CCN(CC4CCCO4)CC3)nn2)CC1. The molecule has 0 saturated carbocycles. The van der Waals surface area contributed by atoms with Gasteiger partial charge in [-0.25, -0.2) is 0 Å². The average Bonchev–Trinajstić information content (AvgIpc) is 3.53. The minimum atomic E-state index is -0.0512. The van der Waals surface area contributed by atoms with Crippen LogP contribution in [0.25, 0.3) is 0 Å². The number of aryl methyl sites for hydroxylation is 1. The number of anilines is 2. The lowest BCUT2D eigenvalue weighted by Crippen LogP contribution is -2.49. The van der Waals surface area contributed by atoms with E-state index in [0.29, 0.717) is 43.7 Å². The number of carbonyl (C=O) groups is 1. The van der Waals surface area contributed by atoms with Crippen molar-refractivity contribution in [2.24, 2.45) is 7.05 Å². The highest BCUT2D eigenvalue weighted by Gasteiger charge is 2.27. The minimum Gasteiger partial charge on any atom is -0.479 e. The number of amides is 1. The molecule has 1 amide bonds. The molecule has 0 N–H and O–H groups in total. The number of nitrogens with zero attached hydrogens (tertiary/aromatic N) is 8. The zero-order valence-corrected chi connectivity index (χ0v) is 20.1. The van der Waals surface area contributed by atoms with E-state index in [4.69, 9.17) is 9.47 Å². The van der Waals surface area contributed by atoms with Gasteiger partial charge in [-0.1, -0.05) is 0 Å². The van der Waals surface area contributed by atoms with E-state index < -0.39 is 0 Å². The van der Waals surface area contributed by atoms with Crippen molar-refractivity contribution in [2.45, 2.75) is 18.9 Å². The van der Waals surface area contributed by atoms with Gasteiger partial charge in [0, 0.05) is 78.8 Å². The standard InChI is InChI=1S/C23H34N8O3/c1-27-17-19(22(26-27)33-2)23(32)31-13-11-30(12-14-31)21-6-5-20(24-25-21)29-9-7-28(8-10-29)16-18-4-3-15-34-18/h5-6,17-18H,3-4,7-16H2,1-2H3. The summed E-state index contributed by atoms with van der Waals surface area (Å²) in [6.45, 7) is 8.59. The van der Waals surface area contributed by atoms with E-state index in [1.54, 1.807) is 17.9 Å². The van der Waals surface area contributed by atoms with Gasteiger partial charge in [-0.2, -0.15) is 0 Å². The number of ether oxygens (including phenoxy) is 2. The fraction of sp³-hybridized carbons (Fsp3) is 0.652. The first kappa shape index (κ1) is 22.9. The van der Waals surface area contributed by atoms with Crippen molar-refractivity contribution in [2.75, 3.05) is 82.4 Å². The quantitative estimate of drug-likeness (QED) is 0.598. The number of carbonyl (C=O) groups excluding carboxylic acids is 1. The van der Waals surface area contributed by atoms with Crippen molar-refractivity contribution >= 4 is 17.5 Å². The fourth-order valence-electron chi connectivity index (χ4n) is 4.97. The first-order valence-electron chi connectivity index (χ1n) is 12.1. The summed E-state index contributed by atoms with van der Waals surface area (Å²) >= 11 is 0. The summed E-state index contributed by atoms with van der Waals surface area (Å²) in [6.07, 6.45) is 4.50. The van der Waals surface area contributed by atoms with Crippen molar-refractivity contribution in [3.63, 3.8) is 0 Å².